The minimum absolute atomic E-state index is 0.850. The first-order chi connectivity index (χ1) is 13.3. The molecule has 3 heteroatoms. The molecule has 3 nitrogen and oxygen atoms in total. The van der Waals surface area contributed by atoms with E-state index in [9.17, 15) is 0 Å². The quantitative estimate of drug-likeness (QED) is 0.415. The molecule has 1 N–H and O–H groups in total. The lowest BCUT2D eigenvalue weighted by Crippen LogP contribution is -2.12. The molecule has 3 rings (SSSR count). The molecule has 2 aromatic carbocycles. The molecule has 1 heterocycles. The predicted octanol–water partition coefficient (Wildman–Crippen LogP) is 5.69. The van der Waals surface area contributed by atoms with E-state index in [2.05, 4.69) is 72.0 Å². The number of nitrogens with one attached hydrogen (secondary N) is 1. The van der Waals surface area contributed by atoms with E-state index in [0.717, 1.165) is 36.1 Å². The summed E-state index contributed by atoms with van der Waals surface area (Å²) in [6, 6.07) is 18.5. The molecule has 0 spiro atoms. The molecule has 0 aliphatic heterocycles. The van der Waals surface area contributed by atoms with Crippen molar-refractivity contribution in [3.63, 3.8) is 0 Å². The van der Waals surface area contributed by atoms with Gasteiger partial charge in [0.25, 0.3) is 0 Å². The molecular weight excluding hydrogens is 330 g/mol. The number of hydrogen-bond acceptors (Lipinski definition) is 2. The zero-order valence-electron chi connectivity index (χ0n) is 15.7. The molecule has 0 radical (unpaired) electrons. The summed E-state index contributed by atoms with van der Waals surface area (Å²) in [6.07, 6.45) is 10.0. The summed E-state index contributed by atoms with van der Waals surface area (Å²) in [4.78, 5) is 4.43. The second-order valence-electron chi connectivity index (χ2n) is 6.23. The van der Waals surface area contributed by atoms with Gasteiger partial charge < -0.3 is 5.32 Å². The third-order valence-electron chi connectivity index (χ3n) is 4.41. The van der Waals surface area contributed by atoms with Gasteiger partial charge in [0.1, 0.15) is 6.33 Å². The number of imidazole rings is 1. The number of allylic oxidation sites excluding steroid dienone is 5. The standard InChI is InChI=1S/C24H25N3/c1-3-21(25-18-20-12-6-5-7-13-20)14-8-9-15-22(4-2)27-19-26-23-16-10-11-17-24(23)27/h5-7,9-17,19,25H,2-3,8,18H2,1H3/b15-9?,21-14+. The van der Waals surface area contributed by atoms with Crippen LogP contribution in [-0.2, 0) is 6.54 Å². The number of rotatable bonds is 8. The highest BCUT2D eigenvalue weighted by Crippen LogP contribution is 2.17. The van der Waals surface area contributed by atoms with E-state index < -0.39 is 0 Å². The first kappa shape index (κ1) is 18.5. The molecule has 0 amide bonds. The van der Waals surface area contributed by atoms with Crippen LogP contribution in [0.3, 0.4) is 0 Å². The van der Waals surface area contributed by atoms with Crippen LogP contribution < -0.4 is 5.32 Å². The Morgan fingerprint density at radius 3 is 2.70 bits per heavy atom. The van der Waals surface area contributed by atoms with Crippen LogP contribution in [-0.4, -0.2) is 9.55 Å². The largest absolute Gasteiger partial charge is 0.385 e. The van der Waals surface area contributed by atoms with Crippen LogP contribution >= 0.6 is 0 Å². The number of nitrogens with zero attached hydrogens (tertiary/aromatic N) is 2. The molecular formula is C24H25N3. The monoisotopic (exact) mass is 355 g/mol. The molecule has 3 aromatic rings. The Morgan fingerprint density at radius 1 is 1.15 bits per heavy atom. The molecule has 1 aromatic heterocycles. The van der Waals surface area contributed by atoms with Crippen molar-refractivity contribution in [2.75, 3.05) is 0 Å². The molecule has 0 fully saturated rings. The number of para-hydroxylation sites is 2. The van der Waals surface area contributed by atoms with Crippen LogP contribution in [0.25, 0.3) is 16.7 Å². The lowest BCUT2D eigenvalue weighted by Gasteiger charge is -2.09. The topological polar surface area (TPSA) is 29.9 Å². The third-order valence-corrected chi connectivity index (χ3v) is 4.41. The van der Waals surface area contributed by atoms with Gasteiger partial charge in [0, 0.05) is 12.2 Å². The first-order valence-corrected chi connectivity index (χ1v) is 9.27. The van der Waals surface area contributed by atoms with E-state index in [-0.39, 0.29) is 0 Å². The summed E-state index contributed by atoms with van der Waals surface area (Å²) in [5.41, 5.74) is 8.47. The normalized spacial score (nSPS) is 11.7. The van der Waals surface area contributed by atoms with E-state index in [4.69, 9.17) is 0 Å². The van der Waals surface area contributed by atoms with Gasteiger partial charge in [-0.15, -0.1) is 5.73 Å². The van der Waals surface area contributed by atoms with Gasteiger partial charge in [-0.3, -0.25) is 4.57 Å². The average Bonchev–Trinajstić information content (AvgIpc) is 3.15. The van der Waals surface area contributed by atoms with Crippen molar-refractivity contribution in [1.29, 1.82) is 0 Å². The zero-order chi connectivity index (χ0) is 18.9. The highest BCUT2D eigenvalue weighted by Gasteiger charge is 2.03. The van der Waals surface area contributed by atoms with Gasteiger partial charge >= 0.3 is 0 Å². The number of benzene rings is 2. The summed E-state index contributed by atoms with van der Waals surface area (Å²) in [5.74, 6) is 0. The highest BCUT2D eigenvalue weighted by atomic mass is 15.0. The highest BCUT2D eigenvalue weighted by molar-refractivity contribution is 5.80. The fourth-order valence-corrected chi connectivity index (χ4v) is 2.92. The van der Waals surface area contributed by atoms with Crippen molar-refractivity contribution >= 4 is 16.7 Å². The summed E-state index contributed by atoms with van der Waals surface area (Å²) in [7, 11) is 0. The number of fused-ring (bicyclic) bond motifs is 1. The third kappa shape index (κ3) is 4.87. The molecule has 0 bridgehead atoms. The fraction of sp³-hybridized carbons (Fsp3) is 0.167. The summed E-state index contributed by atoms with van der Waals surface area (Å²) in [5, 5.41) is 3.52. The first-order valence-electron chi connectivity index (χ1n) is 9.27. The van der Waals surface area contributed by atoms with Crippen molar-refractivity contribution in [2.24, 2.45) is 0 Å². The van der Waals surface area contributed by atoms with Crippen molar-refractivity contribution in [3.8, 4) is 0 Å². The predicted molar refractivity (Wildman–Crippen MR) is 114 cm³/mol. The van der Waals surface area contributed by atoms with Gasteiger partial charge in [0.2, 0.25) is 0 Å². The van der Waals surface area contributed by atoms with Gasteiger partial charge in [-0.1, -0.05) is 68.1 Å². The van der Waals surface area contributed by atoms with Gasteiger partial charge in [0.15, 0.2) is 0 Å². The van der Waals surface area contributed by atoms with Gasteiger partial charge in [-0.25, -0.2) is 4.98 Å². The lowest BCUT2D eigenvalue weighted by molar-refractivity contribution is 0.767. The molecule has 0 saturated heterocycles. The Kier molecular flexibility index (Phi) is 6.45. The maximum atomic E-state index is 4.43. The van der Waals surface area contributed by atoms with E-state index >= 15 is 0 Å². The summed E-state index contributed by atoms with van der Waals surface area (Å²) < 4.78 is 2.01. The minimum atomic E-state index is 0.850. The van der Waals surface area contributed by atoms with Gasteiger partial charge in [-0.05, 0) is 36.6 Å². The number of hydrogen-bond donors (Lipinski definition) is 1. The van der Waals surface area contributed by atoms with Crippen molar-refractivity contribution in [1.82, 2.24) is 14.9 Å². The minimum Gasteiger partial charge on any atom is -0.385 e. The van der Waals surface area contributed by atoms with E-state index in [0.29, 0.717) is 0 Å². The Bertz CT molecular complexity index is 987. The molecule has 27 heavy (non-hydrogen) atoms. The van der Waals surface area contributed by atoms with E-state index in [1.54, 1.807) is 0 Å². The molecule has 0 unspecified atom stereocenters. The van der Waals surface area contributed by atoms with Crippen molar-refractivity contribution < 1.29 is 0 Å². The SMILES string of the molecule is C=C=C(C=CC/C=C(\CC)NCc1ccccc1)n1cnc2ccccc21. The maximum Gasteiger partial charge on any atom is 0.101 e. The Morgan fingerprint density at radius 2 is 1.93 bits per heavy atom. The van der Waals surface area contributed by atoms with Crippen LogP contribution in [0.4, 0.5) is 0 Å². The van der Waals surface area contributed by atoms with Crippen molar-refractivity contribution in [3.05, 3.63) is 103 Å². The van der Waals surface area contributed by atoms with Crippen LogP contribution in [0, 0.1) is 0 Å². The average molecular weight is 355 g/mol. The molecule has 0 aliphatic rings. The molecule has 0 atom stereocenters. The fourth-order valence-electron chi connectivity index (χ4n) is 2.92. The number of aromatic nitrogens is 2. The van der Waals surface area contributed by atoms with Gasteiger partial charge in [-0.2, -0.15) is 0 Å². The maximum absolute atomic E-state index is 4.43. The molecule has 0 saturated carbocycles. The second kappa shape index (κ2) is 9.42. The van der Waals surface area contributed by atoms with Crippen molar-refractivity contribution in [2.45, 2.75) is 26.3 Å². The van der Waals surface area contributed by atoms with Crippen LogP contribution in [0.2, 0.25) is 0 Å². The smallest absolute Gasteiger partial charge is 0.101 e. The van der Waals surface area contributed by atoms with E-state index in [1.165, 1.54) is 11.3 Å². The summed E-state index contributed by atoms with van der Waals surface area (Å²) in [6.45, 7) is 6.84. The van der Waals surface area contributed by atoms with Crippen LogP contribution in [0.5, 0.6) is 0 Å². The summed E-state index contributed by atoms with van der Waals surface area (Å²) >= 11 is 0. The zero-order valence-corrected chi connectivity index (χ0v) is 15.7. The van der Waals surface area contributed by atoms with Gasteiger partial charge in [0.05, 0.1) is 16.7 Å². The molecule has 136 valence electrons. The van der Waals surface area contributed by atoms with E-state index in [1.807, 2.05) is 41.2 Å². The van der Waals surface area contributed by atoms with Crippen LogP contribution in [0.15, 0.2) is 97.2 Å². The second-order valence-corrected chi connectivity index (χ2v) is 6.23. The lowest BCUT2D eigenvalue weighted by atomic mass is 10.2. The van der Waals surface area contributed by atoms with Crippen LogP contribution in [0.1, 0.15) is 25.3 Å². The Balaban J connectivity index is 1.62. The Hall–Kier alpha value is -3.29. The Labute approximate surface area is 161 Å². The molecule has 0 aliphatic carbocycles.